The normalized spacial score (nSPS) is 11.0. The fourth-order valence-corrected chi connectivity index (χ4v) is 2.11. The zero-order valence-electron chi connectivity index (χ0n) is 9.94. The summed E-state index contributed by atoms with van der Waals surface area (Å²) in [7, 11) is 0. The van der Waals surface area contributed by atoms with Crippen molar-refractivity contribution in [3.05, 3.63) is 63.6 Å². The van der Waals surface area contributed by atoms with Crippen molar-refractivity contribution in [1.29, 1.82) is 0 Å². The molecule has 0 aliphatic carbocycles. The zero-order chi connectivity index (χ0) is 12.3. The fraction of sp³-hybridized carbons (Fsp3) is 0.133. The second kappa shape index (κ2) is 5.28. The third-order valence-electron chi connectivity index (χ3n) is 2.68. The monoisotopic (exact) mass is 287 g/mol. The average molecular weight is 288 g/mol. The second-order valence-electron chi connectivity index (χ2n) is 4.02. The third-order valence-corrected chi connectivity index (χ3v) is 3.40. The standard InChI is InChI=1S/C15H14BrN/c1-11-6-5-7-12(2)15(11)17-10-13-8-3-4-9-14(13)16/h3-10H,1-2H3. The van der Waals surface area contributed by atoms with Gasteiger partial charge in [-0.25, -0.2) is 0 Å². The van der Waals surface area contributed by atoms with Crippen molar-refractivity contribution in [2.75, 3.05) is 0 Å². The Labute approximate surface area is 110 Å². The van der Waals surface area contributed by atoms with Gasteiger partial charge in [0, 0.05) is 16.3 Å². The summed E-state index contributed by atoms with van der Waals surface area (Å²) in [6.45, 7) is 4.17. The minimum Gasteiger partial charge on any atom is -0.256 e. The van der Waals surface area contributed by atoms with Gasteiger partial charge in [-0.2, -0.15) is 0 Å². The topological polar surface area (TPSA) is 12.4 Å². The molecule has 0 aliphatic heterocycles. The minimum atomic E-state index is 1.06. The van der Waals surface area contributed by atoms with E-state index in [9.17, 15) is 0 Å². The Morgan fingerprint density at radius 2 is 1.59 bits per heavy atom. The lowest BCUT2D eigenvalue weighted by Gasteiger charge is -2.04. The summed E-state index contributed by atoms with van der Waals surface area (Å²) in [6.07, 6.45) is 1.90. The van der Waals surface area contributed by atoms with E-state index in [0.717, 1.165) is 15.7 Å². The molecule has 0 aliphatic rings. The molecule has 0 aromatic heterocycles. The van der Waals surface area contributed by atoms with Crippen molar-refractivity contribution < 1.29 is 0 Å². The smallest absolute Gasteiger partial charge is 0.0688 e. The predicted octanol–water partition coefficient (Wildman–Crippen LogP) is 4.82. The van der Waals surface area contributed by atoms with Crippen molar-refractivity contribution in [3.8, 4) is 0 Å². The summed E-state index contributed by atoms with van der Waals surface area (Å²) in [5, 5.41) is 0. The van der Waals surface area contributed by atoms with Gasteiger partial charge in [0.15, 0.2) is 0 Å². The maximum absolute atomic E-state index is 4.58. The number of aliphatic imine (C=N–C) groups is 1. The molecule has 0 N–H and O–H groups in total. The predicted molar refractivity (Wildman–Crippen MR) is 77.3 cm³/mol. The molecule has 2 rings (SSSR count). The van der Waals surface area contributed by atoms with Crippen LogP contribution in [0.2, 0.25) is 0 Å². The number of para-hydroxylation sites is 1. The van der Waals surface area contributed by atoms with Gasteiger partial charge in [0.2, 0.25) is 0 Å². The molecule has 0 amide bonds. The molecule has 0 heterocycles. The lowest BCUT2D eigenvalue weighted by molar-refractivity contribution is 1.33. The van der Waals surface area contributed by atoms with E-state index in [1.165, 1.54) is 11.1 Å². The molecular weight excluding hydrogens is 274 g/mol. The Kier molecular flexibility index (Phi) is 3.75. The Balaban J connectivity index is 2.36. The molecule has 86 valence electrons. The summed E-state index contributed by atoms with van der Waals surface area (Å²) >= 11 is 3.52. The van der Waals surface area contributed by atoms with Gasteiger partial charge in [0.1, 0.15) is 0 Å². The van der Waals surface area contributed by atoms with Crippen molar-refractivity contribution >= 4 is 27.8 Å². The first-order valence-corrected chi connectivity index (χ1v) is 6.32. The minimum absolute atomic E-state index is 1.06. The summed E-state index contributed by atoms with van der Waals surface area (Å²) < 4.78 is 1.06. The molecule has 0 radical (unpaired) electrons. The van der Waals surface area contributed by atoms with E-state index < -0.39 is 0 Å². The van der Waals surface area contributed by atoms with E-state index in [1.807, 2.05) is 30.5 Å². The van der Waals surface area contributed by atoms with Crippen LogP contribution in [0.1, 0.15) is 16.7 Å². The van der Waals surface area contributed by atoms with E-state index in [4.69, 9.17) is 0 Å². The van der Waals surface area contributed by atoms with Gasteiger partial charge in [-0.15, -0.1) is 0 Å². The van der Waals surface area contributed by atoms with Crippen molar-refractivity contribution in [3.63, 3.8) is 0 Å². The molecule has 17 heavy (non-hydrogen) atoms. The van der Waals surface area contributed by atoms with E-state index in [-0.39, 0.29) is 0 Å². The molecule has 0 saturated carbocycles. The first kappa shape index (κ1) is 12.1. The van der Waals surface area contributed by atoms with Crippen LogP contribution in [0.3, 0.4) is 0 Å². The second-order valence-corrected chi connectivity index (χ2v) is 4.87. The van der Waals surface area contributed by atoms with Crippen LogP contribution < -0.4 is 0 Å². The van der Waals surface area contributed by atoms with Crippen molar-refractivity contribution in [2.24, 2.45) is 4.99 Å². The number of hydrogen-bond donors (Lipinski definition) is 0. The van der Waals surface area contributed by atoms with Gasteiger partial charge in [0.25, 0.3) is 0 Å². The number of nitrogens with zero attached hydrogens (tertiary/aromatic N) is 1. The molecule has 0 atom stereocenters. The quantitative estimate of drug-likeness (QED) is 0.703. The van der Waals surface area contributed by atoms with E-state index in [0.29, 0.717) is 0 Å². The zero-order valence-corrected chi connectivity index (χ0v) is 11.5. The molecule has 2 heteroatoms. The fourth-order valence-electron chi connectivity index (χ4n) is 1.72. The van der Waals surface area contributed by atoms with Crippen molar-refractivity contribution in [1.82, 2.24) is 0 Å². The summed E-state index contributed by atoms with van der Waals surface area (Å²) in [4.78, 5) is 4.58. The maximum Gasteiger partial charge on any atom is 0.0688 e. The van der Waals surface area contributed by atoms with Crippen LogP contribution in [0.4, 0.5) is 5.69 Å². The number of halogens is 1. The number of benzene rings is 2. The molecule has 0 unspecified atom stereocenters. The van der Waals surface area contributed by atoms with Gasteiger partial charge in [0.05, 0.1) is 5.69 Å². The van der Waals surface area contributed by atoms with E-state index in [2.05, 4.69) is 53.0 Å². The Hall–Kier alpha value is -1.41. The van der Waals surface area contributed by atoms with Crippen molar-refractivity contribution in [2.45, 2.75) is 13.8 Å². The number of rotatable bonds is 2. The molecular formula is C15H14BrN. The Morgan fingerprint density at radius 3 is 2.24 bits per heavy atom. The van der Waals surface area contributed by atoms with Crippen LogP contribution in [0.25, 0.3) is 0 Å². The van der Waals surface area contributed by atoms with Crippen LogP contribution in [-0.4, -0.2) is 6.21 Å². The molecule has 0 spiro atoms. The number of hydrogen-bond acceptors (Lipinski definition) is 1. The van der Waals surface area contributed by atoms with Gasteiger partial charge >= 0.3 is 0 Å². The SMILES string of the molecule is Cc1cccc(C)c1N=Cc1ccccc1Br. The first-order valence-electron chi connectivity index (χ1n) is 5.53. The molecule has 0 bridgehead atoms. The largest absolute Gasteiger partial charge is 0.256 e. The highest BCUT2D eigenvalue weighted by Gasteiger charge is 1.99. The lowest BCUT2D eigenvalue weighted by atomic mass is 10.1. The highest BCUT2D eigenvalue weighted by atomic mass is 79.9. The van der Waals surface area contributed by atoms with Gasteiger partial charge in [-0.05, 0) is 31.0 Å². The van der Waals surface area contributed by atoms with Crippen LogP contribution in [0.15, 0.2) is 51.9 Å². The Bertz CT molecular complexity index is 538. The highest BCUT2D eigenvalue weighted by Crippen LogP contribution is 2.23. The van der Waals surface area contributed by atoms with Gasteiger partial charge < -0.3 is 0 Å². The molecule has 0 saturated heterocycles. The van der Waals surface area contributed by atoms with E-state index in [1.54, 1.807) is 0 Å². The maximum atomic E-state index is 4.58. The van der Waals surface area contributed by atoms with Crippen LogP contribution in [0, 0.1) is 13.8 Å². The van der Waals surface area contributed by atoms with Crippen LogP contribution in [0.5, 0.6) is 0 Å². The van der Waals surface area contributed by atoms with Gasteiger partial charge in [-0.1, -0.05) is 52.3 Å². The lowest BCUT2D eigenvalue weighted by Crippen LogP contribution is -1.84. The molecule has 1 nitrogen and oxygen atoms in total. The highest BCUT2D eigenvalue weighted by molar-refractivity contribution is 9.10. The van der Waals surface area contributed by atoms with Crippen LogP contribution in [-0.2, 0) is 0 Å². The molecule has 2 aromatic carbocycles. The van der Waals surface area contributed by atoms with E-state index >= 15 is 0 Å². The summed E-state index contributed by atoms with van der Waals surface area (Å²) in [5.74, 6) is 0. The summed E-state index contributed by atoms with van der Waals surface area (Å²) in [5.41, 5.74) is 4.56. The molecule has 0 fully saturated rings. The average Bonchev–Trinajstić information content (AvgIpc) is 2.30. The number of aryl methyl sites for hydroxylation is 2. The van der Waals surface area contributed by atoms with Crippen LogP contribution >= 0.6 is 15.9 Å². The third kappa shape index (κ3) is 2.83. The van der Waals surface area contributed by atoms with Gasteiger partial charge in [-0.3, -0.25) is 4.99 Å². The Morgan fingerprint density at radius 1 is 0.941 bits per heavy atom. The summed E-state index contributed by atoms with van der Waals surface area (Å²) in [6, 6.07) is 14.3. The first-order chi connectivity index (χ1) is 8.18. The molecule has 2 aromatic rings.